The molecule has 164 valence electrons. The second kappa shape index (κ2) is 8.66. The molecule has 0 aliphatic rings. The van der Waals surface area contributed by atoms with E-state index in [0.29, 0.717) is 18.3 Å². The summed E-state index contributed by atoms with van der Waals surface area (Å²) in [6.07, 6.45) is -4.26. The van der Waals surface area contributed by atoms with Crippen LogP contribution in [0.15, 0.2) is 24.4 Å². The molecule has 0 aliphatic heterocycles. The Bertz CT molecular complexity index is 1090. The van der Waals surface area contributed by atoms with Gasteiger partial charge in [0.15, 0.2) is 0 Å². The number of hydrogen-bond donors (Lipinski definition) is 1. The summed E-state index contributed by atoms with van der Waals surface area (Å²) in [4.78, 5) is 16.0. The molecule has 1 amide bonds. The van der Waals surface area contributed by atoms with Crippen molar-refractivity contribution in [2.24, 2.45) is 0 Å². The first-order valence-electron chi connectivity index (χ1n) is 8.17. The van der Waals surface area contributed by atoms with Crippen LogP contribution in [0.4, 0.5) is 17.6 Å². The van der Waals surface area contributed by atoms with Crippen molar-refractivity contribution >= 4 is 39.3 Å². The first kappa shape index (κ1) is 24.3. The third-order valence-electron chi connectivity index (χ3n) is 4.05. The molecule has 0 saturated heterocycles. The molecule has 6 nitrogen and oxygen atoms in total. The van der Waals surface area contributed by atoms with Gasteiger partial charge in [0.2, 0.25) is 0 Å². The molecule has 0 spiro atoms. The minimum atomic E-state index is -4.71. The van der Waals surface area contributed by atoms with Gasteiger partial charge in [-0.3, -0.25) is 9.78 Å². The van der Waals surface area contributed by atoms with Crippen molar-refractivity contribution in [2.75, 3.05) is 7.05 Å². The summed E-state index contributed by atoms with van der Waals surface area (Å²) in [6, 6.07) is 1.66. The van der Waals surface area contributed by atoms with Gasteiger partial charge in [-0.1, -0.05) is 23.2 Å². The van der Waals surface area contributed by atoms with Gasteiger partial charge in [-0.05, 0) is 32.0 Å². The predicted molar refractivity (Wildman–Crippen MR) is 104 cm³/mol. The van der Waals surface area contributed by atoms with Crippen molar-refractivity contribution in [3.8, 4) is 11.3 Å². The van der Waals surface area contributed by atoms with Crippen LogP contribution in [0.5, 0.6) is 0 Å². The molecule has 0 fully saturated rings. The molecule has 1 aromatic heterocycles. The van der Waals surface area contributed by atoms with E-state index in [1.54, 1.807) is 18.6 Å². The maximum atomic E-state index is 14.4. The fraction of sp³-hybridized carbons (Fsp3) is 0.294. The first-order valence-corrected chi connectivity index (χ1v) is 10.4. The highest BCUT2D eigenvalue weighted by atomic mass is 35.5. The van der Waals surface area contributed by atoms with Crippen molar-refractivity contribution in [3.63, 3.8) is 0 Å². The number of hydrogen-bond acceptors (Lipinski definition) is 4. The van der Waals surface area contributed by atoms with E-state index in [1.165, 1.54) is 7.05 Å². The Balaban J connectivity index is 2.50. The lowest BCUT2D eigenvalue weighted by Crippen LogP contribution is -2.44. The van der Waals surface area contributed by atoms with E-state index in [0.717, 1.165) is 10.4 Å². The molecule has 0 atom stereocenters. The maximum Gasteiger partial charge on any atom is 0.417 e. The van der Waals surface area contributed by atoms with E-state index in [1.807, 2.05) is 0 Å². The first-order chi connectivity index (χ1) is 13.6. The van der Waals surface area contributed by atoms with Gasteiger partial charge in [-0.15, -0.1) is 0 Å². The topological polar surface area (TPSA) is 79.4 Å². The number of halogens is 6. The van der Waals surface area contributed by atoms with Crippen molar-refractivity contribution in [2.45, 2.75) is 26.1 Å². The van der Waals surface area contributed by atoms with Gasteiger partial charge in [0.1, 0.15) is 5.82 Å². The lowest BCUT2D eigenvalue weighted by Gasteiger charge is -2.21. The summed E-state index contributed by atoms with van der Waals surface area (Å²) >= 11 is 11.7. The summed E-state index contributed by atoms with van der Waals surface area (Å²) in [5, 5.41) is -0.941. The fourth-order valence-electron chi connectivity index (χ4n) is 2.22. The normalized spacial score (nSPS) is 12.5. The largest absolute Gasteiger partial charge is 0.417 e. The minimum Gasteiger partial charge on any atom is -0.268 e. The molecule has 2 rings (SSSR count). The molecule has 1 heterocycles. The van der Waals surface area contributed by atoms with Crippen LogP contribution in [-0.4, -0.2) is 36.7 Å². The van der Waals surface area contributed by atoms with Gasteiger partial charge >= 0.3 is 16.4 Å². The lowest BCUT2D eigenvalue weighted by molar-refractivity contribution is -0.137. The predicted octanol–water partition coefficient (Wildman–Crippen LogP) is 4.53. The Morgan fingerprint density at radius 3 is 2.27 bits per heavy atom. The highest BCUT2D eigenvalue weighted by Gasteiger charge is 2.32. The molecule has 0 radical (unpaired) electrons. The number of amides is 1. The molecule has 1 N–H and O–H groups in total. The van der Waals surface area contributed by atoms with Gasteiger partial charge in [0.25, 0.3) is 5.91 Å². The average molecular weight is 488 g/mol. The second-order valence-electron chi connectivity index (χ2n) is 6.41. The number of rotatable bonds is 5. The van der Waals surface area contributed by atoms with E-state index in [-0.39, 0.29) is 5.69 Å². The zero-order valence-electron chi connectivity index (χ0n) is 15.7. The van der Waals surface area contributed by atoms with Crippen LogP contribution in [0.2, 0.25) is 10.0 Å². The molecule has 2 aromatic rings. The molecule has 30 heavy (non-hydrogen) atoms. The number of carbonyl (C=O) groups excluding carboxylic acids is 1. The lowest BCUT2D eigenvalue weighted by atomic mass is 10.1. The Kier molecular flexibility index (Phi) is 7.02. The van der Waals surface area contributed by atoms with Crippen LogP contribution < -0.4 is 4.72 Å². The van der Waals surface area contributed by atoms with Crippen LogP contribution in [0.3, 0.4) is 0 Å². The minimum absolute atomic E-state index is 0.380. The standard InChI is InChI=1S/C17H15Cl2F4N3O3S/c1-8(2)26(3)30(28,29)25-16(27)10-5-11(14(20)6-12(10)18)15-13(19)4-9(7-24-15)17(21,22)23/h4-8H,1-3H3,(H,25,27). The van der Waals surface area contributed by atoms with Gasteiger partial charge in [0.05, 0.1) is 26.9 Å². The number of nitrogens with zero attached hydrogens (tertiary/aromatic N) is 2. The smallest absolute Gasteiger partial charge is 0.268 e. The Morgan fingerprint density at radius 2 is 1.77 bits per heavy atom. The molecule has 0 unspecified atom stereocenters. The highest BCUT2D eigenvalue weighted by Crippen LogP contribution is 2.36. The summed E-state index contributed by atoms with van der Waals surface area (Å²) in [5.74, 6) is -2.19. The number of carbonyl (C=O) groups is 1. The van der Waals surface area contributed by atoms with E-state index in [2.05, 4.69) is 4.98 Å². The van der Waals surface area contributed by atoms with Crippen molar-refractivity contribution < 1.29 is 30.8 Å². The number of aromatic nitrogens is 1. The maximum absolute atomic E-state index is 14.4. The summed E-state index contributed by atoms with van der Waals surface area (Å²) in [5.41, 5.74) is -2.40. The molecule has 1 aromatic carbocycles. The second-order valence-corrected chi connectivity index (χ2v) is 8.95. The van der Waals surface area contributed by atoms with Crippen LogP contribution in [0.25, 0.3) is 11.3 Å². The van der Waals surface area contributed by atoms with Crippen LogP contribution in [0.1, 0.15) is 29.8 Å². The Morgan fingerprint density at radius 1 is 1.17 bits per heavy atom. The third kappa shape index (κ3) is 5.20. The Labute approximate surface area is 180 Å². The summed E-state index contributed by atoms with van der Waals surface area (Å²) in [6.45, 7) is 3.15. The van der Waals surface area contributed by atoms with Gasteiger partial charge < -0.3 is 0 Å². The third-order valence-corrected chi connectivity index (χ3v) is 6.28. The summed E-state index contributed by atoms with van der Waals surface area (Å²) in [7, 11) is -2.99. The van der Waals surface area contributed by atoms with Crippen molar-refractivity contribution in [3.05, 3.63) is 51.4 Å². The highest BCUT2D eigenvalue weighted by molar-refractivity contribution is 7.87. The van der Waals surface area contributed by atoms with Crippen LogP contribution in [-0.2, 0) is 16.4 Å². The molecule has 13 heteroatoms. The van der Waals surface area contributed by atoms with Gasteiger partial charge in [0, 0.05) is 24.8 Å². The van der Waals surface area contributed by atoms with Crippen LogP contribution in [0, 0.1) is 5.82 Å². The summed E-state index contributed by atoms with van der Waals surface area (Å²) < 4.78 is 79.8. The van der Waals surface area contributed by atoms with Crippen LogP contribution >= 0.6 is 23.2 Å². The number of pyridine rings is 1. The zero-order chi connectivity index (χ0) is 23.0. The number of nitrogens with one attached hydrogen (secondary N) is 1. The number of alkyl halides is 3. The van der Waals surface area contributed by atoms with E-state index < -0.39 is 60.9 Å². The zero-order valence-corrected chi connectivity index (χ0v) is 18.0. The van der Waals surface area contributed by atoms with Crippen molar-refractivity contribution in [1.29, 1.82) is 0 Å². The number of benzene rings is 1. The van der Waals surface area contributed by atoms with E-state index in [4.69, 9.17) is 23.2 Å². The van der Waals surface area contributed by atoms with Gasteiger partial charge in [-0.25, -0.2) is 9.11 Å². The molecule has 0 bridgehead atoms. The van der Waals surface area contributed by atoms with E-state index in [9.17, 15) is 30.8 Å². The SMILES string of the molecule is CC(C)N(C)S(=O)(=O)NC(=O)c1cc(-c2ncc(C(F)(F)F)cc2Cl)c(F)cc1Cl. The molecular weight excluding hydrogens is 473 g/mol. The van der Waals surface area contributed by atoms with Crippen molar-refractivity contribution in [1.82, 2.24) is 14.0 Å². The average Bonchev–Trinajstić information content (AvgIpc) is 2.60. The van der Waals surface area contributed by atoms with E-state index >= 15 is 0 Å². The fourth-order valence-corrected chi connectivity index (χ4v) is 3.76. The molecular formula is C17H15Cl2F4N3O3S. The molecule has 0 aliphatic carbocycles. The monoisotopic (exact) mass is 487 g/mol. The molecule has 0 saturated carbocycles. The van der Waals surface area contributed by atoms with Gasteiger partial charge in [-0.2, -0.15) is 25.9 Å². The quantitative estimate of drug-likeness (QED) is 0.628. The Hall–Kier alpha value is -1.95.